The monoisotopic (exact) mass is 218 g/mol. The van der Waals surface area contributed by atoms with Gasteiger partial charge in [-0.1, -0.05) is 6.42 Å². The number of amides is 1. The van der Waals surface area contributed by atoms with Crippen LogP contribution in [0.25, 0.3) is 0 Å². The molecule has 0 aromatic carbocycles. The molecule has 0 aromatic heterocycles. The molecule has 3 aliphatic rings. The van der Waals surface area contributed by atoms with Crippen LogP contribution in [-0.4, -0.2) is 11.9 Å². The lowest BCUT2D eigenvalue weighted by molar-refractivity contribution is -0.132. The standard InChI is InChI=1S/C13H18N2O/c14-8-13(4-1-5-13)12(16)15-11-7-9-2-3-10(11)6-9/h9-11H,1-7H2,(H,15,16). The van der Waals surface area contributed by atoms with Gasteiger partial charge in [-0.15, -0.1) is 0 Å². The molecule has 0 saturated heterocycles. The fraction of sp³-hybridized carbons (Fsp3) is 0.846. The third-order valence-corrected chi connectivity index (χ3v) is 4.91. The highest BCUT2D eigenvalue weighted by Crippen LogP contribution is 2.46. The van der Waals surface area contributed by atoms with E-state index in [0.717, 1.165) is 31.6 Å². The first kappa shape index (κ1) is 10.1. The van der Waals surface area contributed by atoms with Gasteiger partial charge in [-0.3, -0.25) is 4.79 Å². The van der Waals surface area contributed by atoms with Gasteiger partial charge in [-0.2, -0.15) is 5.26 Å². The fourth-order valence-electron chi connectivity index (χ4n) is 3.65. The number of nitrogens with one attached hydrogen (secondary N) is 1. The molecular formula is C13H18N2O. The molecule has 3 atom stereocenters. The molecule has 0 radical (unpaired) electrons. The van der Waals surface area contributed by atoms with E-state index in [-0.39, 0.29) is 5.91 Å². The van der Waals surface area contributed by atoms with Gasteiger partial charge in [0.15, 0.2) is 0 Å². The molecule has 0 aliphatic heterocycles. The van der Waals surface area contributed by atoms with Crippen LogP contribution < -0.4 is 5.32 Å². The maximum atomic E-state index is 12.1. The Morgan fingerprint density at radius 1 is 1.31 bits per heavy atom. The van der Waals surface area contributed by atoms with E-state index in [2.05, 4.69) is 11.4 Å². The molecule has 1 N–H and O–H groups in total. The minimum Gasteiger partial charge on any atom is -0.352 e. The minimum absolute atomic E-state index is 0.0128. The zero-order chi connectivity index (χ0) is 11.2. The van der Waals surface area contributed by atoms with E-state index >= 15 is 0 Å². The van der Waals surface area contributed by atoms with E-state index in [4.69, 9.17) is 5.26 Å². The molecule has 2 bridgehead atoms. The molecule has 3 unspecified atom stereocenters. The highest BCUT2D eigenvalue weighted by Gasteiger charge is 2.47. The van der Waals surface area contributed by atoms with E-state index < -0.39 is 5.41 Å². The van der Waals surface area contributed by atoms with E-state index in [1.807, 2.05) is 0 Å². The Balaban J connectivity index is 1.63. The van der Waals surface area contributed by atoms with E-state index in [9.17, 15) is 4.79 Å². The molecule has 3 nitrogen and oxygen atoms in total. The first-order valence-electron chi connectivity index (χ1n) is 6.46. The van der Waals surface area contributed by atoms with E-state index in [0.29, 0.717) is 12.0 Å². The molecule has 3 saturated carbocycles. The summed E-state index contributed by atoms with van der Waals surface area (Å²) in [6.07, 6.45) is 7.61. The van der Waals surface area contributed by atoms with Crippen LogP contribution in [0.2, 0.25) is 0 Å². The summed E-state index contributed by atoms with van der Waals surface area (Å²) in [5.41, 5.74) is -0.665. The van der Waals surface area contributed by atoms with Gasteiger partial charge in [0, 0.05) is 6.04 Å². The zero-order valence-corrected chi connectivity index (χ0v) is 9.54. The Morgan fingerprint density at radius 2 is 2.12 bits per heavy atom. The number of hydrogen-bond acceptors (Lipinski definition) is 2. The molecule has 3 rings (SSSR count). The van der Waals surface area contributed by atoms with Gasteiger partial charge < -0.3 is 5.32 Å². The van der Waals surface area contributed by atoms with E-state index in [1.165, 1.54) is 19.3 Å². The molecule has 0 heterocycles. The Hall–Kier alpha value is -1.04. The summed E-state index contributed by atoms with van der Waals surface area (Å²) in [7, 11) is 0. The predicted octanol–water partition coefficient (Wildman–Crippen LogP) is 1.99. The average Bonchev–Trinajstić information content (AvgIpc) is 2.78. The second kappa shape index (κ2) is 3.48. The van der Waals surface area contributed by atoms with Gasteiger partial charge in [0.2, 0.25) is 5.91 Å². The SMILES string of the molecule is N#CC1(C(=O)NC2CC3CCC2C3)CCC1. The van der Waals surface area contributed by atoms with Crippen molar-refractivity contribution >= 4 is 5.91 Å². The second-order valence-electron chi connectivity index (χ2n) is 5.80. The van der Waals surface area contributed by atoms with Crippen LogP contribution in [0, 0.1) is 28.6 Å². The number of nitriles is 1. The maximum Gasteiger partial charge on any atom is 0.240 e. The first-order chi connectivity index (χ1) is 7.73. The molecule has 1 amide bonds. The highest BCUT2D eigenvalue weighted by atomic mass is 16.2. The third-order valence-electron chi connectivity index (χ3n) is 4.91. The molecule has 3 fully saturated rings. The normalized spacial score (nSPS) is 38.8. The molecule has 16 heavy (non-hydrogen) atoms. The Bertz CT molecular complexity index is 353. The number of hydrogen-bond donors (Lipinski definition) is 1. The fourth-order valence-corrected chi connectivity index (χ4v) is 3.65. The van der Waals surface area contributed by atoms with Crippen LogP contribution >= 0.6 is 0 Å². The summed E-state index contributed by atoms with van der Waals surface area (Å²) < 4.78 is 0. The quantitative estimate of drug-likeness (QED) is 0.770. The highest BCUT2D eigenvalue weighted by molar-refractivity contribution is 5.86. The number of nitrogens with zero attached hydrogens (tertiary/aromatic N) is 1. The Morgan fingerprint density at radius 3 is 2.56 bits per heavy atom. The number of carbonyl (C=O) groups is 1. The van der Waals surface area contributed by atoms with Crippen molar-refractivity contribution in [3.8, 4) is 6.07 Å². The predicted molar refractivity (Wildman–Crippen MR) is 59.3 cm³/mol. The van der Waals surface area contributed by atoms with Crippen molar-refractivity contribution in [1.29, 1.82) is 5.26 Å². The molecular weight excluding hydrogens is 200 g/mol. The van der Waals surface area contributed by atoms with Crippen LogP contribution in [0.5, 0.6) is 0 Å². The number of rotatable bonds is 2. The first-order valence-corrected chi connectivity index (χ1v) is 6.46. The summed E-state index contributed by atoms with van der Waals surface area (Å²) in [6.45, 7) is 0. The Kier molecular flexibility index (Phi) is 2.20. The van der Waals surface area contributed by atoms with Crippen LogP contribution in [0.15, 0.2) is 0 Å². The number of fused-ring (bicyclic) bond motifs is 2. The Labute approximate surface area is 96.2 Å². The van der Waals surface area contributed by atoms with Crippen LogP contribution in [0.3, 0.4) is 0 Å². The van der Waals surface area contributed by atoms with Gasteiger partial charge >= 0.3 is 0 Å². The summed E-state index contributed by atoms with van der Waals surface area (Å²) in [4.78, 5) is 12.1. The van der Waals surface area contributed by atoms with Gasteiger partial charge in [0.1, 0.15) is 5.41 Å². The van der Waals surface area contributed by atoms with Crippen LogP contribution in [0.4, 0.5) is 0 Å². The number of carbonyl (C=O) groups excluding carboxylic acids is 1. The lowest BCUT2D eigenvalue weighted by Gasteiger charge is -2.35. The molecule has 0 aromatic rings. The second-order valence-corrected chi connectivity index (χ2v) is 5.80. The van der Waals surface area contributed by atoms with E-state index in [1.54, 1.807) is 0 Å². The van der Waals surface area contributed by atoms with Crippen molar-refractivity contribution in [3.05, 3.63) is 0 Å². The van der Waals surface area contributed by atoms with Crippen molar-refractivity contribution < 1.29 is 4.79 Å². The van der Waals surface area contributed by atoms with Crippen LogP contribution in [0.1, 0.15) is 44.9 Å². The molecule has 3 aliphatic carbocycles. The maximum absolute atomic E-state index is 12.1. The summed E-state index contributed by atoms with van der Waals surface area (Å²) in [5, 5.41) is 12.2. The van der Waals surface area contributed by atoms with Crippen molar-refractivity contribution in [1.82, 2.24) is 5.32 Å². The van der Waals surface area contributed by atoms with Crippen LogP contribution in [-0.2, 0) is 4.79 Å². The lowest BCUT2D eigenvalue weighted by Crippen LogP contribution is -2.49. The topological polar surface area (TPSA) is 52.9 Å². The third kappa shape index (κ3) is 1.36. The van der Waals surface area contributed by atoms with Crippen molar-refractivity contribution in [2.75, 3.05) is 0 Å². The van der Waals surface area contributed by atoms with Crippen molar-refractivity contribution in [2.24, 2.45) is 17.3 Å². The largest absolute Gasteiger partial charge is 0.352 e. The van der Waals surface area contributed by atoms with Gasteiger partial charge in [0.05, 0.1) is 6.07 Å². The van der Waals surface area contributed by atoms with Gasteiger partial charge in [-0.05, 0) is 50.4 Å². The average molecular weight is 218 g/mol. The molecule has 3 heteroatoms. The molecule has 0 spiro atoms. The molecule has 86 valence electrons. The lowest BCUT2D eigenvalue weighted by atomic mass is 9.69. The van der Waals surface area contributed by atoms with Gasteiger partial charge in [0.25, 0.3) is 0 Å². The van der Waals surface area contributed by atoms with Crippen molar-refractivity contribution in [2.45, 2.75) is 51.0 Å². The van der Waals surface area contributed by atoms with Crippen molar-refractivity contribution in [3.63, 3.8) is 0 Å². The summed E-state index contributed by atoms with van der Waals surface area (Å²) in [6, 6.07) is 2.59. The zero-order valence-electron chi connectivity index (χ0n) is 9.54. The summed E-state index contributed by atoms with van der Waals surface area (Å²) in [5.74, 6) is 1.55. The van der Waals surface area contributed by atoms with Gasteiger partial charge in [-0.25, -0.2) is 0 Å². The summed E-state index contributed by atoms with van der Waals surface area (Å²) >= 11 is 0. The minimum atomic E-state index is -0.665. The smallest absolute Gasteiger partial charge is 0.240 e.